The topological polar surface area (TPSA) is 64.4 Å². The lowest BCUT2D eigenvalue weighted by Gasteiger charge is -2.35. The van der Waals surface area contributed by atoms with Crippen LogP contribution in [0.3, 0.4) is 0 Å². The molecule has 2 aliphatic rings. The summed E-state index contributed by atoms with van der Waals surface area (Å²) in [5.41, 5.74) is 5.64. The molecule has 1 amide bonds. The lowest BCUT2D eigenvalue weighted by molar-refractivity contribution is -0.126. The van der Waals surface area contributed by atoms with Crippen molar-refractivity contribution in [1.29, 1.82) is 0 Å². The number of ether oxygens (including phenoxy) is 1. The average Bonchev–Trinajstić information content (AvgIpc) is 2.65. The lowest BCUT2D eigenvalue weighted by atomic mass is 9.91. The van der Waals surface area contributed by atoms with Gasteiger partial charge in [-0.1, -0.05) is 12.2 Å². The Kier molecular flexibility index (Phi) is 3.30. The molecule has 0 radical (unpaired) electrons. The summed E-state index contributed by atoms with van der Waals surface area (Å²) in [5.74, 6) is 0.0586. The molecule has 4 heteroatoms. The van der Waals surface area contributed by atoms with Gasteiger partial charge in [-0.25, -0.2) is 0 Å². The van der Waals surface area contributed by atoms with E-state index in [-0.39, 0.29) is 23.4 Å². The van der Waals surface area contributed by atoms with E-state index in [0.29, 0.717) is 0 Å². The van der Waals surface area contributed by atoms with Gasteiger partial charge in [0.15, 0.2) is 0 Å². The Balaban J connectivity index is 1.89. The monoisotopic (exact) mass is 224 g/mol. The molecule has 2 unspecified atom stereocenters. The van der Waals surface area contributed by atoms with Crippen molar-refractivity contribution in [2.24, 2.45) is 11.7 Å². The molecule has 4 nitrogen and oxygen atoms in total. The molecule has 1 heterocycles. The predicted molar refractivity (Wildman–Crippen MR) is 61.8 cm³/mol. The number of nitrogens with one attached hydrogen (secondary N) is 1. The van der Waals surface area contributed by atoms with Gasteiger partial charge in [-0.15, -0.1) is 0 Å². The Labute approximate surface area is 96.2 Å². The summed E-state index contributed by atoms with van der Waals surface area (Å²) >= 11 is 0. The first kappa shape index (κ1) is 11.6. The highest BCUT2D eigenvalue weighted by atomic mass is 16.5. The maximum atomic E-state index is 12.0. The maximum absolute atomic E-state index is 12.0. The van der Waals surface area contributed by atoms with Crippen LogP contribution in [-0.4, -0.2) is 30.7 Å². The third-order valence-electron chi connectivity index (χ3n) is 3.47. The normalized spacial score (nSPS) is 32.6. The molecule has 0 bridgehead atoms. The van der Waals surface area contributed by atoms with E-state index in [9.17, 15) is 4.79 Å². The van der Waals surface area contributed by atoms with E-state index in [1.54, 1.807) is 0 Å². The Bertz CT molecular complexity index is 295. The average molecular weight is 224 g/mol. The highest BCUT2D eigenvalue weighted by Crippen LogP contribution is 2.22. The van der Waals surface area contributed by atoms with E-state index in [2.05, 4.69) is 12.2 Å². The molecule has 1 aliphatic heterocycles. The molecular weight excluding hydrogens is 204 g/mol. The van der Waals surface area contributed by atoms with E-state index < -0.39 is 0 Å². The van der Waals surface area contributed by atoms with Crippen LogP contribution < -0.4 is 11.1 Å². The molecule has 2 atom stereocenters. The molecule has 1 fully saturated rings. The molecule has 0 saturated carbocycles. The Morgan fingerprint density at radius 1 is 1.44 bits per heavy atom. The van der Waals surface area contributed by atoms with E-state index >= 15 is 0 Å². The van der Waals surface area contributed by atoms with Gasteiger partial charge in [0.2, 0.25) is 5.91 Å². The van der Waals surface area contributed by atoms with Crippen molar-refractivity contribution in [2.45, 2.75) is 37.8 Å². The summed E-state index contributed by atoms with van der Waals surface area (Å²) in [4.78, 5) is 12.0. The second-order valence-electron chi connectivity index (χ2n) is 5.05. The summed E-state index contributed by atoms with van der Waals surface area (Å²) in [6, 6.07) is 0.0400. The van der Waals surface area contributed by atoms with Gasteiger partial charge in [0.05, 0.1) is 5.92 Å². The van der Waals surface area contributed by atoms with Gasteiger partial charge >= 0.3 is 0 Å². The van der Waals surface area contributed by atoms with Crippen LogP contribution in [0.5, 0.6) is 0 Å². The molecule has 2 rings (SSSR count). The van der Waals surface area contributed by atoms with Gasteiger partial charge in [-0.3, -0.25) is 4.79 Å². The Hall–Kier alpha value is -0.870. The van der Waals surface area contributed by atoms with Crippen LogP contribution in [0.25, 0.3) is 0 Å². The van der Waals surface area contributed by atoms with Crippen LogP contribution in [-0.2, 0) is 9.53 Å². The third-order valence-corrected chi connectivity index (χ3v) is 3.47. The summed E-state index contributed by atoms with van der Waals surface area (Å²) < 4.78 is 5.30. The minimum Gasteiger partial charge on any atom is -0.381 e. The lowest BCUT2D eigenvalue weighted by Crippen LogP contribution is -2.51. The fraction of sp³-hybridized carbons (Fsp3) is 0.750. The minimum absolute atomic E-state index is 0.0400. The van der Waals surface area contributed by atoms with Gasteiger partial charge in [-0.2, -0.15) is 0 Å². The molecule has 90 valence electrons. The predicted octanol–water partition coefficient (Wildman–Crippen LogP) is 0.575. The van der Waals surface area contributed by atoms with Gasteiger partial charge in [-0.05, 0) is 26.2 Å². The second kappa shape index (κ2) is 4.55. The standard InChI is InChI=1S/C12H20N2O2/c1-12(4-6-16-7-5-12)14-11(15)9-2-3-10(13)8-9/h2-3,9-10H,4-8,13H2,1H3,(H,14,15). The van der Waals surface area contributed by atoms with Gasteiger partial charge in [0.1, 0.15) is 0 Å². The number of rotatable bonds is 2. The van der Waals surface area contributed by atoms with Gasteiger partial charge in [0, 0.05) is 24.8 Å². The molecule has 0 aromatic carbocycles. The number of hydrogen-bond donors (Lipinski definition) is 2. The first-order valence-electron chi connectivity index (χ1n) is 5.93. The van der Waals surface area contributed by atoms with Crippen molar-refractivity contribution < 1.29 is 9.53 Å². The van der Waals surface area contributed by atoms with E-state index in [1.165, 1.54) is 0 Å². The SMILES string of the molecule is CC1(NC(=O)C2C=CC(N)C2)CCOCC1. The quantitative estimate of drug-likeness (QED) is 0.674. The summed E-state index contributed by atoms with van der Waals surface area (Å²) in [7, 11) is 0. The van der Waals surface area contributed by atoms with Crippen LogP contribution in [0.2, 0.25) is 0 Å². The van der Waals surface area contributed by atoms with Gasteiger partial charge in [0.25, 0.3) is 0 Å². The summed E-state index contributed by atoms with van der Waals surface area (Å²) in [6.07, 6.45) is 6.35. The summed E-state index contributed by atoms with van der Waals surface area (Å²) in [5, 5.41) is 3.13. The minimum atomic E-state index is -0.101. The number of carbonyl (C=O) groups excluding carboxylic acids is 1. The zero-order valence-corrected chi connectivity index (χ0v) is 9.74. The number of nitrogens with two attached hydrogens (primary N) is 1. The molecular formula is C12H20N2O2. The largest absolute Gasteiger partial charge is 0.381 e. The van der Waals surface area contributed by atoms with Crippen LogP contribution in [0, 0.1) is 5.92 Å². The highest BCUT2D eigenvalue weighted by molar-refractivity contribution is 5.81. The van der Waals surface area contributed by atoms with Crippen molar-refractivity contribution in [1.82, 2.24) is 5.32 Å². The first-order valence-corrected chi connectivity index (χ1v) is 5.93. The van der Waals surface area contributed by atoms with Crippen LogP contribution in [0.4, 0.5) is 0 Å². The molecule has 1 aliphatic carbocycles. The molecule has 16 heavy (non-hydrogen) atoms. The second-order valence-corrected chi connectivity index (χ2v) is 5.05. The molecule has 3 N–H and O–H groups in total. The van der Waals surface area contributed by atoms with Crippen LogP contribution in [0.15, 0.2) is 12.2 Å². The maximum Gasteiger partial charge on any atom is 0.227 e. The van der Waals surface area contributed by atoms with Crippen molar-refractivity contribution in [3.63, 3.8) is 0 Å². The van der Waals surface area contributed by atoms with Crippen LogP contribution >= 0.6 is 0 Å². The van der Waals surface area contributed by atoms with Crippen molar-refractivity contribution in [3.8, 4) is 0 Å². The van der Waals surface area contributed by atoms with Crippen molar-refractivity contribution in [2.75, 3.05) is 13.2 Å². The Morgan fingerprint density at radius 2 is 2.12 bits per heavy atom. The molecule has 0 aromatic rings. The molecule has 0 aromatic heterocycles. The van der Waals surface area contributed by atoms with Crippen LogP contribution in [0.1, 0.15) is 26.2 Å². The highest BCUT2D eigenvalue weighted by Gasteiger charge is 2.32. The number of carbonyl (C=O) groups is 1. The van der Waals surface area contributed by atoms with E-state index in [1.807, 2.05) is 12.2 Å². The van der Waals surface area contributed by atoms with E-state index in [4.69, 9.17) is 10.5 Å². The number of amides is 1. The zero-order valence-electron chi connectivity index (χ0n) is 9.74. The fourth-order valence-electron chi connectivity index (χ4n) is 2.26. The van der Waals surface area contributed by atoms with Gasteiger partial charge < -0.3 is 15.8 Å². The smallest absolute Gasteiger partial charge is 0.227 e. The Morgan fingerprint density at radius 3 is 2.69 bits per heavy atom. The van der Waals surface area contributed by atoms with E-state index in [0.717, 1.165) is 32.5 Å². The zero-order chi connectivity index (χ0) is 11.6. The van der Waals surface area contributed by atoms with Crippen molar-refractivity contribution in [3.05, 3.63) is 12.2 Å². The summed E-state index contributed by atoms with van der Waals surface area (Å²) in [6.45, 7) is 3.56. The molecule has 0 spiro atoms. The third kappa shape index (κ3) is 2.62. The first-order chi connectivity index (χ1) is 7.59. The number of hydrogen-bond acceptors (Lipinski definition) is 3. The fourth-order valence-corrected chi connectivity index (χ4v) is 2.26. The molecule has 1 saturated heterocycles. The van der Waals surface area contributed by atoms with Crippen molar-refractivity contribution >= 4 is 5.91 Å².